The fourth-order valence-electron chi connectivity index (χ4n) is 6.08. The number of piperidine rings is 1. The second kappa shape index (κ2) is 9.26. The number of carbonyl (C=O) groups excluding carboxylic acids is 1. The lowest BCUT2D eigenvalue weighted by Gasteiger charge is -2.31. The first kappa shape index (κ1) is 24.1. The third-order valence-corrected chi connectivity index (χ3v) is 8.37. The van der Waals surface area contributed by atoms with Gasteiger partial charge in [0.15, 0.2) is 0 Å². The van der Waals surface area contributed by atoms with Gasteiger partial charge in [-0.2, -0.15) is 0 Å². The van der Waals surface area contributed by atoms with E-state index in [-0.39, 0.29) is 30.3 Å². The fraction of sp³-hybridized carbons (Fsp3) is 0.483. The van der Waals surface area contributed by atoms with E-state index >= 15 is 0 Å². The van der Waals surface area contributed by atoms with Gasteiger partial charge in [0, 0.05) is 42.7 Å². The molecule has 0 spiro atoms. The zero-order valence-electron chi connectivity index (χ0n) is 21.7. The number of benzene rings is 1. The van der Waals surface area contributed by atoms with Crippen LogP contribution in [-0.4, -0.2) is 52.3 Å². The van der Waals surface area contributed by atoms with Gasteiger partial charge in [-0.15, -0.1) is 0 Å². The summed E-state index contributed by atoms with van der Waals surface area (Å²) in [6.07, 6.45) is 2.23. The molecule has 5 heterocycles. The van der Waals surface area contributed by atoms with Crippen molar-refractivity contribution in [2.24, 2.45) is 5.92 Å². The summed E-state index contributed by atoms with van der Waals surface area (Å²) >= 11 is 0. The molecular formula is C29H33N3O5. The summed E-state index contributed by atoms with van der Waals surface area (Å²) in [6, 6.07) is 5.73. The number of esters is 1. The largest absolute Gasteiger partial charge is 0.508 e. The van der Waals surface area contributed by atoms with Crippen LogP contribution in [0.15, 0.2) is 23.0 Å². The zero-order valence-corrected chi connectivity index (χ0v) is 21.7. The Morgan fingerprint density at radius 1 is 1.16 bits per heavy atom. The monoisotopic (exact) mass is 503 g/mol. The summed E-state index contributed by atoms with van der Waals surface area (Å²) in [7, 11) is 1.55. The molecule has 0 amide bonds. The van der Waals surface area contributed by atoms with Gasteiger partial charge >= 0.3 is 5.97 Å². The van der Waals surface area contributed by atoms with E-state index in [4.69, 9.17) is 14.5 Å². The normalized spacial score (nSPS) is 20.2. The molecule has 3 aromatic rings. The molecule has 1 N–H and O–H groups in total. The number of methoxy groups -OCH3 is 1. The number of phenols is 1. The summed E-state index contributed by atoms with van der Waals surface area (Å²) in [5, 5.41) is 11.5. The molecule has 194 valence electrons. The number of aryl methyl sites for hydroxylation is 1. The van der Waals surface area contributed by atoms with Crippen molar-refractivity contribution in [3.8, 4) is 17.1 Å². The van der Waals surface area contributed by atoms with Crippen molar-refractivity contribution >= 4 is 16.9 Å². The highest BCUT2D eigenvalue weighted by Gasteiger charge is 2.32. The predicted octanol–water partition coefficient (Wildman–Crippen LogP) is 3.85. The third kappa shape index (κ3) is 4.12. The van der Waals surface area contributed by atoms with Crippen molar-refractivity contribution in [3.63, 3.8) is 0 Å². The Morgan fingerprint density at radius 3 is 2.70 bits per heavy atom. The maximum Gasteiger partial charge on any atom is 0.308 e. The highest BCUT2D eigenvalue weighted by molar-refractivity contribution is 5.89. The number of carbonyl (C=O) groups is 1. The van der Waals surface area contributed by atoms with Crippen LogP contribution in [0.4, 0.5) is 0 Å². The van der Waals surface area contributed by atoms with Crippen molar-refractivity contribution in [2.45, 2.75) is 58.7 Å². The first-order valence-electron chi connectivity index (χ1n) is 13.2. The molecule has 3 aliphatic heterocycles. The van der Waals surface area contributed by atoms with Gasteiger partial charge in [-0.1, -0.05) is 6.92 Å². The number of hydrogen-bond acceptors (Lipinski definition) is 7. The van der Waals surface area contributed by atoms with Crippen LogP contribution in [0.3, 0.4) is 0 Å². The van der Waals surface area contributed by atoms with Crippen LogP contribution in [0.1, 0.15) is 60.1 Å². The number of phenolic OH excluding ortho intramolecular Hbond substituents is 1. The summed E-state index contributed by atoms with van der Waals surface area (Å²) < 4.78 is 12.7. The Labute approximate surface area is 215 Å². The van der Waals surface area contributed by atoms with Gasteiger partial charge in [0.2, 0.25) is 0 Å². The van der Waals surface area contributed by atoms with Crippen molar-refractivity contribution in [2.75, 3.05) is 26.8 Å². The molecule has 1 unspecified atom stereocenters. The second-order valence-corrected chi connectivity index (χ2v) is 10.8. The maximum absolute atomic E-state index is 13.8. The Morgan fingerprint density at radius 2 is 1.95 bits per heavy atom. The van der Waals surface area contributed by atoms with Gasteiger partial charge in [-0.05, 0) is 67.6 Å². The third-order valence-electron chi connectivity index (χ3n) is 8.37. The molecular weight excluding hydrogens is 470 g/mol. The van der Waals surface area contributed by atoms with Crippen molar-refractivity contribution in [3.05, 3.63) is 56.4 Å². The number of nitrogens with zero attached hydrogens (tertiary/aromatic N) is 3. The van der Waals surface area contributed by atoms with Gasteiger partial charge in [0.1, 0.15) is 5.75 Å². The van der Waals surface area contributed by atoms with Crippen LogP contribution in [0.5, 0.6) is 5.75 Å². The number of rotatable bonds is 3. The maximum atomic E-state index is 13.8. The summed E-state index contributed by atoms with van der Waals surface area (Å²) in [4.78, 5) is 33.5. The topological polar surface area (TPSA) is 93.9 Å². The van der Waals surface area contributed by atoms with E-state index in [0.29, 0.717) is 18.5 Å². The molecule has 8 heteroatoms. The number of pyridine rings is 2. The van der Waals surface area contributed by atoms with Gasteiger partial charge in [-0.25, -0.2) is 4.98 Å². The first-order chi connectivity index (χ1) is 17.8. The Balaban J connectivity index is 1.54. The molecule has 0 radical (unpaired) electrons. The van der Waals surface area contributed by atoms with E-state index in [2.05, 4.69) is 11.8 Å². The number of aromatic nitrogens is 2. The fourth-order valence-corrected chi connectivity index (χ4v) is 6.08. The van der Waals surface area contributed by atoms with Crippen molar-refractivity contribution < 1.29 is 19.4 Å². The Kier molecular flexibility index (Phi) is 6.04. The second-order valence-electron chi connectivity index (χ2n) is 10.8. The van der Waals surface area contributed by atoms with Crippen molar-refractivity contribution in [1.29, 1.82) is 0 Å². The molecule has 1 fully saturated rings. The highest BCUT2D eigenvalue weighted by atomic mass is 16.5. The molecule has 1 saturated heterocycles. The smallest absolute Gasteiger partial charge is 0.308 e. The van der Waals surface area contributed by atoms with Crippen LogP contribution in [-0.2, 0) is 33.8 Å². The molecule has 37 heavy (non-hydrogen) atoms. The molecule has 8 nitrogen and oxygen atoms in total. The number of ether oxygens (including phenoxy) is 2. The van der Waals surface area contributed by atoms with Crippen LogP contribution < -0.4 is 5.56 Å². The van der Waals surface area contributed by atoms with E-state index in [1.54, 1.807) is 17.7 Å². The van der Waals surface area contributed by atoms with Crippen LogP contribution in [0.25, 0.3) is 22.3 Å². The molecule has 6 rings (SSSR count). The van der Waals surface area contributed by atoms with Crippen LogP contribution in [0, 0.1) is 12.8 Å². The minimum Gasteiger partial charge on any atom is -0.508 e. The van der Waals surface area contributed by atoms with Gasteiger partial charge in [0.05, 0.1) is 42.6 Å². The lowest BCUT2D eigenvalue weighted by atomic mass is 9.95. The lowest BCUT2D eigenvalue weighted by molar-refractivity contribution is -0.146. The van der Waals surface area contributed by atoms with Gasteiger partial charge < -0.3 is 19.1 Å². The number of cyclic esters (lactones) is 1. The van der Waals surface area contributed by atoms with Crippen molar-refractivity contribution in [1.82, 2.24) is 14.5 Å². The van der Waals surface area contributed by atoms with E-state index in [9.17, 15) is 14.7 Å². The van der Waals surface area contributed by atoms with E-state index < -0.39 is 6.10 Å². The Hall–Kier alpha value is -3.23. The average Bonchev–Trinajstić information content (AvgIpc) is 3.23. The molecule has 3 aliphatic rings. The minimum atomic E-state index is -0.549. The number of hydrogen-bond donors (Lipinski definition) is 1. The molecule has 0 aliphatic carbocycles. The SMILES string of the molecule is COC1CC(=O)OCCc2c1cc1n(c2=O)Cc2c-1nc1cc(O)c(C)cc1c2CN1CCC(C)CC1. The Bertz CT molecular complexity index is 1470. The molecule has 1 atom stereocenters. The summed E-state index contributed by atoms with van der Waals surface area (Å²) in [5.74, 6) is 0.623. The molecule has 0 saturated carbocycles. The lowest BCUT2D eigenvalue weighted by Crippen LogP contribution is -2.33. The van der Waals surface area contributed by atoms with Crippen LogP contribution in [0.2, 0.25) is 0 Å². The summed E-state index contributed by atoms with van der Waals surface area (Å²) in [6.45, 7) is 7.72. The summed E-state index contributed by atoms with van der Waals surface area (Å²) in [5.41, 5.74) is 6.59. The quantitative estimate of drug-likeness (QED) is 0.425. The van der Waals surface area contributed by atoms with Gasteiger partial charge in [0.25, 0.3) is 5.56 Å². The van der Waals surface area contributed by atoms with E-state index in [0.717, 1.165) is 64.5 Å². The predicted molar refractivity (Wildman–Crippen MR) is 140 cm³/mol. The van der Waals surface area contributed by atoms with Crippen LogP contribution >= 0.6 is 0 Å². The first-order valence-corrected chi connectivity index (χ1v) is 13.2. The average molecular weight is 504 g/mol. The van der Waals surface area contributed by atoms with Gasteiger partial charge in [-0.3, -0.25) is 14.5 Å². The standard InChI is InChI=1S/C29H33N3O5/c1-16-4-7-31(8-5-16)14-21-19-10-17(2)25(33)12-23(19)30-28-22(21)15-32-24(28)11-20-18(29(32)35)6-9-37-27(34)13-26(20)36-3/h10-12,16,26,33H,4-9,13-15H2,1-3H3. The number of likely N-dealkylation sites (tertiary alicyclic amines) is 1. The minimum absolute atomic E-state index is 0.0657. The molecule has 0 bridgehead atoms. The van der Waals surface area contributed by atoms with E-state index in [1.165, 1.54) is 18.4 Å². The number of fused-ring (bicyclic) bond motifs is 5. The highest BCUT2D eigenvalue weighted by Crippen LogP contribution is 2.40. The molecule has 2 aromatic heterocycles. The van der Waals surface area contributed by atoms with E-state index in [1.807, 2.05) is 19.1 Å². The zero-order chi connectivity index (χ0) is 25.8. The molecule has 1 aromatic carbocycles. The number of aromatic hydroxyl groups is 1.